The first-order chi connectivity index (χ1) is 7.24. The van der Waals surface area contributed by atoms with Gasteiger partial charge in [0.05, 0.1) is 0 Å². The van der Waals surface area contributed by atoms with Gasteiger partial charge >= 0.3 is 0 Å². The van der Waals surface area contributed by atoms with Crippen molar-refractivity contribution in [3.05, 3.63) is 54.1 Å². The second kappa shape index (κ2) is 3.70. The van der Waals surface area contributed by atoms with Crippen LogP contribution in [0.1, 0.15) is 22.8 Å². The van der Waals surface area contributed by atoms with Gasteiger partial charge in [0.25, 0.3) is 0 Å². The molecule has 74 valence electrons. The van der Waals surface area contributed by atoms with Gasteiger partial charge in [-0.15, -0.1) is 0 Å². The van der Waals surface area contributed by atoms with Gasteiger partial charge in [0.2, 0.25) is 0 Å². The summed E-state index contributed by atoms with van der Waals surface area (Å²) in [4.78, 5) is 11.5. The van der Waals surface area contributed by atoms with E-state index in [9.17, 15) is 4.79 Å². The number of rotatable bonds is 2. The fourth-order valence-electron chi connectivity index (χ4n) is 1.83. The lowest BCUT2D eigenvalue weighted by Crippen LogP contribution is -1.94. The third-order valence-corrected chi connectivity index (χ3v) is 2.54. The maximum Gasteiger partial charge on any atom is 0.160 e. The van der Waals surface area contributed by atoms with Crippen LogP contribution in [0.2, 0.25) is 0 Å². The molecule has 0 fully saturated rings. The number of carbonyl (C=O) groups is 1. The lowest BCUT2D eigenvalue weighted by molar-refractivity contribution is 0.101. The molecule has 2 aromatic carbocycles. The Kier molecular flexibility index (Phi) is 2.38. The van der Waals surface area contributed by atoms with Gasteiger partial charge in [-0.3, -0.25) is 4.79 Å². The zero-order valence-electron chi connectivity index (χ0n) is 8.66. The Morgan fingerprint density at radius 2 is 1.87 bits per heavy atom. The van der Waals surface area contributed by atoms with Crippen molar-refractivity contribution in [2.75, 3.05) is 0 Å². The first-order valence-corrected chi connectivity index (χ1v) is 4.89. The van der Waals surface area contributed by atoms with Gasteiger partial charge < -0.3 is 0 Å². The van der Waals surface area contributed by atoms with E-state index in [4.69, 9.17) is 0 Å². The Bertz CT molecular complexity index is 533. The van der Waals surface area contributed by atoms with Crippen LogP contribution in [0.5, 0.6) is 0 Å². The van der Waals surface area contributed by atoms with Crippen molar-refractivity contribution in [1.29, 1.82) is 0 Å². The summed E-state index contributed by atoms with van der Waals surface area (Å²) < 4.78 is 0. The fourth-order valence-corrected chi connectivity index (χ4v) is 1.83. The average molecular weight is 196 g/mol. The quantitative estimate of drug-likeness (QED) is 0.669. The van der Waals surface area contributed by atoms with E-state index in [1.807, 2.05) is 36.4 Å². The highest BCUT2D eigenvalue weighted by molar-refractivity contribution is 6.09. The van der Waals surface area contributed by atoms with E-state index in [1.165, 1.54) is 0 Å². The molecular formula is C14H12O. The predicted molar refractivity (Wildman–Crippen MR) is 64.0 cm³/mol. The van der Waals surface area contributed by atoms with E-state index in [1.54, 1.807) is 13.0 Å². The Hall–Kier alpha value is -1.89. The van der Waals surface area contributed by atoms with Crippen LogP contribution in [0.3, 0.4) is 0 Å². The van der Waals surface area contributed by atoms with Crippen LogP contribution < -0.4 is 0 Å². The molecule has 0 aliphatic heterocycles. The summed E-state index contributed by atoms with van der Waals surface area (Å²) in [5, 5.41) is 2.09. The Balaban J connectivity index is 2.93. The van der Waals surface area contributed by atoms with E-state index in [0.717, 1.165) is 21.9 Å². The van der Waals surface area contributed by atoms with Crippen molar-refractivity contribution in [2.45, 2.75) is 6.92 Å². The molecule has 0 heterocycles. The summed E-state index contributed by atoms with van der Waals surface area (Å²) in [7, 11) is 0. The summed E-state index contributed by atoms with van der Waals surface area (Å²) in [5.74, 6) is 0.0925. The molecule has 0 N–H and O–H groups in total. The SMILES string of the molecule is C=Cc1cccc2cccc(C(C)=O)c12. The van der Waals surface area contributed by atoms with Gasteiger partial charge in [0.15, 0.2) is 5.78 Å². The van der Waals surface area contributed by atoms with Crippen molar-refractivity contribution >= 4 is 22.6 Å². The first kappa shape index (κ1) is 9.66. The number of ketones is 1. The Morgan fingerprint density at radius 3 is 2.47 bits per heavy atom. The second-order valence-corrected chi connectivity index (χ2v) is 3.51. The molecule has 0 amide bonds. The topological polar surface area (TPSA) is 17.1 Å². The highest BCUT2D eigenvalue weighted by Crippen LogP contribution is 2.24. The van der Waals surface area contributed by atoms with Crippen LogP contribution in [0.25, 0.3) is 16.8 Å². The molecule has 2 rings (SSSR count). The summed E-state index contributed by atoms with van der Waals surface area (Å²) in [6.45, 7) is 5.36. The third-order valence-electron chi connectivity index (χ3n) is 2.54. The number of fused-ring (bicyclic) bond motifs is 1. The van der Waals surface area contributed by atoms with Crippen molar-refractivity contribution < 1.29 is 4.79 Å². The minimum absolute atomic E-state index is 0.0925. The molecule has 0 saturated heterocycles. The molecule has 0 atom stereocenters. The van der Waals surface area contributed by atoms with E-state index in [2.05, 4.69) is 6.58 Å². The number of hydrogen-bond donors (Lipinski definition) is 0. The molecule has 0 aliphatic carbocycles. The predicted octanol–water partition coefficient (Wildman–Crippen LogP) is 3.69. The highest BCUT2D eigenvalue weighted by Gasteiger charge is 2.07. The summed E-state index contributed by atoms with van der Waals surface area (Å²) in [5.41, 5.74) is 1.78. The van der Waals surface area contributed by atoms with Crippen LogP contribution in [0.15, 0.2) is 43.0 Å². The van der Waals surface area contributed by atoms with Crippen molar-refractivity contribution in [3.63, 3.8) is 0 Å². The number of Topliss-reactive ketones (excluding diaryl/α,β-unsaturated/α-hetero) is 1. The van der Waals surface area contributed by atoms with Crippen molar-refractivity contribution in [1.82, 2.24) is 0 Å². The van der Waals surface area contributed by atoms with Crippen LogP contribution in [0.4, 0.5) is 0 Å². The third kappa shape index (κ3) is 1.57. The molecule has 0 spiro atoms. The number of carbonyl (C=O) groups excluding carboxylic acids is 1. The van der Waals surface area contributed by atoms with Crippen LogP contribution in [-0.4, -0.2) is 5.78 Å². The summed E-state index contributed by atoms with van der Waals surface area (Å²) in [6.07, 6.45) is 1.79. The molecule has 15 heavy (non-hydrogen) atoms. The first-order valence-electron chi connectivity index (χ1n) is 4.89. The minimum atomic E-state index is 0.0925. The van der Waals surface area contributed by atoms with E-state index >= 15 is 0 Å². The van der Waals surface area contributed by atoms with Crippen LogP contribution in [0, 0.1) is 0 Å². The maximum absolute atomic E-state index is 11.5. The zero-order valence-corrected chi connectivity index (χ0v) is 8.66. The monoisotopic (exact) mass is 196 g/mol. The Labute approximate surface area is 89.0 Å². The lowest BCUT2D eigenvalue weighted by atomic mass is 9.97. The van der Waals surface area contributed by atoms with Crippen LogP contribution >= 0.6 is 0 Å². The number of benzene rings is 2. The van der Waals surface area contributed by atoms with Gasteiger partial charge in [-0.1, -0.05) is 49.1 Å². The molecule has 1 nitrogen and oxygen atoms in total. The smallest absolute Gasteiger partial charge is 0.160 e. The lowest BCUT2D eigenvalue weighted by Gasteiger charge is -2.06. The second-order valence-electron chi connectivity index (χ2n) is 3.51. The minimum Gasteiger partial charge on any atom is -0.294 e. The van der Waals surface area contributed by atoms with Gasteiger partial charge in [-0.25, -0.2) is 0 Å². The van der Waals surface area contributed by atoms with E-state index in [-0.39, 0.29) is 5.78 Å². The molecule has 2 aromatic rings. The average Bonchev–Trinajstić information content (AvgIpc) is 2.27. The van der Waals surface area contributed by atoms with E-state index < -0.39 is 0 Å². The van der Waals surface area contributed by atoms with Gasteiger partial charge in [-0.05, 0) is 23.3 Å². The Morgan fingerprint density at radius 1 is 1.20 bits per heavy atom. The van der Waals surface area contributed by atoms with Gasteiger partial charge in [0.1, 0.15) is 0 Å². The fraction of sp³-hybridized carbons (Fsp3) is 0.0714. The summed E-state index contributed by atoms with van der Waals surface area (Å²) in [6, 6.07) is 11.7. The molecule has 0 aliphatic rings. The van der Waals surface area contributed by atoms with Gasteiger partial charge in [-0.2, -0.15) is 0 Å². The highest BCUT2D eigenvalue weighted by atomic mass is 16.1. The zero-order chi connectivity index (χ0) is 10.8. The van der Waals surface area contributed by atoms with Crippen LogP contribution in [-0.2, 0) is 0 Å². The maximum atomic E-state index is 11.5. The van der Waals surface area contributed by atoms with E-state index in [0.29, 0.717) is 0 Å². The normalized spacial score (nSPS) is 10.2. The summed E-state index contributed by atoms with van der Waals surface area (Å²) >= 11 is 0. The molecule has 1 heteroatoms. The molecule has 0 unspecified atom stereocenters. The number of hydrogen-bond acceptors (Lipinski definition) is 1. The molecule has 0 radical (unpaired) electrons. The molecular weight excluding hydrogens is 184 g/mol. The molecule has 0 bridgehead atoms. The molecule has 0 aromatic heterocycles. The molecule has 0 saturated carbocycles. The van der Waals surface area contributed by atoms with Crippen molar-refractivity contribution in [3.8, 4) is 0 Å². The standard InChI is InChI=1S/C14H12O/c1-3-11-6-4-7-12-8-5-9-13(10(2)15)14(11)12/h3-9H,1H2,2H3. The van der Waals surface area contributed by atoms with Gasteiger partial charge in [0, 0.05) is 5.56 Å². The largest absolute Gasteiger partial charge is 0.294 e. The van der Waals surface area contributed by atoms with Crippen molar-refractivity contribution in [2.24, 2.45) is 0 Å².